The molecule has 3 fully saturated rings. The van der Waals surface area contributed by atoms with Crippen LogP contribution in [0.3, 0.4) is 0 Å². The van der Waals surface area contributed by atoms with E-state index in [1.54, 1.807) is 0 Å². The molecule has 2 atom stereocenters. The Labute approximate surface area is 142 Å². The second kappa shape index (κ2) is 8.34. The minimum Gasteiger partial charge on any atom is -0.355 e. The number of aliphatic imine (C=N–C) groups is 1. The van der Waals surface area contributed by atoms with Gasteiger partial charge in [0.05, 0.1) is 0 Å². The Morgan fingerprint density at radius 2 is 1.74 bits per heavy atom. The number of hydrogen-bond acceptors (Lipinski definition) is 3. The van der Waals surface area contributed by atoms with E-state index in [4.69, 9.17) is 0 Å². The van der Waals surface area contributed by atoms with E-state index in [1.165, 1.54) is 71.4 Å². The number of likely N-dealkylation sites (N-methyl/N-ethyl adjacent to an activating group) is 1. The van der Waals surface area contributed by atoms with Crippen LogP contribution in [0.5, 0.6) is 0 Å². The minimum absolute atomic E-state index is 0.920. The number of nitrogens with zero attached hydrogens (tertiary/aromatic N) is 4. The summed E-state index contributed by atoms with van der Waals surface area (Å²) >= 11 is 0. The largest absolute Gasteiger partial charge is 0.355 e. The highest BCUT2D eigenvalue weighted by atomic mass is 15.3. The quantitative estimate of drug-likeness (QED) is 0.628. The summed E-state index contributed by atoms with van der Waals surface area (Å²) in [6.45, 7) is 9.46. The molecule has 0 bridgehead atoms. The maximum atomic E-state index is 4.55. The van der Waals surface area contributed by atoms with Crippen molar-refractivity contribution in [3.05, 3.63) is 0 Å². The Morgan fingerprint density at radius 3 is 2.43 bits per heavy atom. The first-order valence-corrected chi connectivity index (χ1v) is 9.63. The molecular weight excluding hydrogens is 286 g/mol. The summed E-state index contributed by atoms with van der Waals surface area (Å²) in [6, 6.07) is 0. The summed E-state index contributed by atoms with van der Waals surface area (Å²) < 4.78 is 0. The summed E-state index contributed by atoms with van der Waals surface area (Å²) in [6.07, 6.45) is 7.02. The van der Waals surface area contributed by atoms with Crippen molar-refractivity contribution in [2.24, 2.45) is 16.8 Å². The molecule has 2 saturated heterocycles. The Morgan fingerprint density at radius 1 is 1.00 bits per heavy atom. The van der Waals surface area contributed by atoms with Crippen LogP contribution in [0.2, 0.25) is 0 Å². The zero-order chi connectivity index (χ0) is 16.1. The maximum Gasteiger partial charge on any atom is 0.193 e. The van der Waals surface area contributed by atoms with Crippen molar-refractivity contribution in [3.8, 4) is 0 Å². The Bertz CT molecular complexity index is 383. The molecule has 1 saturated carbocycles. The van der Waals surface area contributed by atoms with Crippen molar-refractivity contribution < 1.29 is 0 Å². The topological polar surface area (TPSA) is 34.1 Å². The average Bonchev–Trinajstić information content (AvgIpc) is 2.88. The number of nitrogens with one attached hydrogen (secondary N) is 1. The van der Waals surface area contributed by atoms with Crippen molar-refractivity contribution >= 4 is 5.96 Å². The summed E-state index contributed by atoms with van der Waals surface area (Å²) in [5.41, 5.74) is 0. The van der Waals surface area contributed by atoms with E-state index in [2.05, 4.69) is 32.1 Å². The molecule has 2 heterocycles. The van der Waals surface area contributed by atoms with Gasteiger partial charge in [0, 0.05) is 46.3 Å². The molecular formula is C18H35N5. The van der Waals surface area contributed by atoms with Crippen LogP contribution in [-0.2, 0) is 0 Å². The third kappa shape index (κ3) is 4.60. The molecule has 23 heavy (non-hydrogen) atoms. The molecule has 0 aromatic heterocycles. The molecule has 0 radical (unpaired) electrons. The monoisotopic (exact) mass is 321 g/mol. The highest BCUT2D eigenvalue weighted by Gasteiger charge is 2.35. The van der Waals surface area contributed by atoms with Crippen molar-refractivity contribution in [1.82, 2.24) is 20.0 Å². The van der Waals surface area contributed by atoms with Crippen molar-refractivity contribution in [3.63, 3.8) is 0 Å². The molecule has 132 valence electrons. The lowest BCUT2D eigenvalue weighted by Crippen LogP contribution is -2.44. The highest BCUT2D eigenvalue weighted by molar-refractivity contribution is 5.80. The fourth-order valence-corrected chi connectivity index (χ4v) is 4.56. The molecule has 0 aromatic rings. The van der Waals surface area contributed by atoms with E-state index in [0.29, 0.717) is 0 Å². The number of rotatable bonds is 3. The van der Waals surface area contributed by atoms with Gasteiger partial charge in [-0.1, -0.05) is 12.8 Å². The molecule has 5 nitrogen and oxygen atoms in total. The van der Waals surface area contributed by atoms with E-state index in [9.17, 15) is 0 Å². The Kier molecular flexibility index (Phi) is 6.17. The predicted molar refractivity (Wildman–Crippen MR) is 96.9 cm³/mol. The molecule has 2 unspecified atom stereocenters. The van der Waals surface area contributed by atoms with Gasteiger partial charge in [0.2, 0.25) is 0 Å². The Hall–Kier alpha value is -0.810. The van der Waals surface area contributed by atoms with E-state index < -0.39 is 0 Å². The van der Waals surface area contributed by atoms with Crippen LogP contribution in [-0.4, -0.2) is 87.1 Å². The molecule has 2 aliphatic heterocycles. The zero-order valence-electron chi connectivity index (χ0n) is 15.1. The molecule has 1 N–H and O–H groups in total. The number of likely N-dealkylation sites (tertiary alicyclic amines) is 1. The highest BCUT2D eigenvalue weighted by Crippen LogP contribution is 2.35. The lowest BCUT2D eigenvalue weighted by atomic mass is 9.82. The van der Waals surface area contributed by atoms with Gasteiger partial charge in [-0.05, 0) is 51.2 Å². The van der Waals surface area contributed by atoms with E-state index in [0.717, 1.165) is 30.9 Å². The van der Waals surface area contributed by atoms with Gasteiger partial charge >= 0.3 is 0 Å². The summed E-state index contributed by atoms with van der Waals surface area (Å²) in [4.78, 5) is 12.1. The fourth-order valence-electron chi connectivity index (χ4n) is 4.56. The third-order valence-corrected chi connectivity index (χ3v) is 6.01. The van der Waals surface area contributed by atoms with Crippen LogP contribution < -0.4 is 5.32 Å². The fraction of sp³-hybridized carbons (Fsp3) is 0.944. The van der Waals surface area contributed by atoms with Gasteiger partial charge in [-0.2, -0.15) is 0 Å². The molecule has 5 heteroatoms. The van der Waals surface area contributed by atoms with Gasteiger partial charge in [0.1, 0.15) is 0 Å². The summed E-state index contributed by atoms with van der Waals surface area (Å²) in [5.74, 6) is 2.97. The lowest BCUT2D eigenvalue weighted by molar-refractivity contribution is 0.278. The van der Waals surface area contributed by atoms with Crippen molar-refractivity contribution in [1.29, 1.82) is 0 Å². The smallest absolute Gasteiger partial charge is 0.193 e. The number of hydrogen-bond donors (Lipinski definition) is 1. The van der Waals surface area contributed by atoms with Crippen molar-refractivity contribution in [2.75, 3.05) is 66.5 Å². The van der Waals surface area contributed by atoms with Crippen LogP contribution in [0.15, 0.2) is 4.99 Å². The van der Waals surface area contributed by atoms with Crippen molar-refractivity contribution in [2.45, 2.75) is 32.1 Å². The van der Waals surface area contributed by atoms with Crippen LogP contribution >= 0.6 is 0 Å². The second-order valence-electron chi connectivity index (χ2n) is 7.68. The van der Waals surface area contributed by atoms with E-state index in [1.807, 2.05) is 7.05 Å². The maximum absolute atomic E-state index is 4.55. The van der Waals surface area contributed by atoms with Crippen LogP contribution in [0.1, 0.15) is 32.1 Å². The summed E-state index contributed by atoms with van der Waals surface area (Å²) in [5, 5.41) is 3.62. The first-order valence-electron chi connectivity index (χ1n) is 9.63. The molecule has 0 amide bonds. The second-order valence-corrected chi connectivity index (χ2v) is 7.68. The Balaban J connectivity index is 1.41. The third-order valence-electron chi connectivity index (χ3n) is 6.01. The minimum atomic E-state index is 0.920. The standard InChI is InChI=1S/C18H35N5/c1-19-18(23-14-16-6-3-4-7-17(16)15-23)20-8-11-22-10-5-9-21(2)12-13-22/h16-17H,3-15H2,1-2H3,(H,19,20). The molecule has 0 spiro atoms. The van der Waals surface area contributed by atoms with Gasteiger partial charge in [0.25, 0.3) is 0 Å². The molecule has 3 aliphatic rings. The number of fused-ring (bicyclic) bond motifs is 1. The van der Waals surface area contributed by atoms with Gasteiger partial charge in [-0.25, -0.2) is 0 Å². The first-order chi connectivity index (χ1) is 11.3. The lowest BCUT2D eigenvalue weighted by Gasteiger charge is -2.24. The summed E-state index contributed by atoms with van der Waals surface area (Å²) in [7, 11) is 4.17. The predicted octanol–water partition coefficient (Wildman–Crippen LogP) is 1.32. The van der Waals surface area contributed by atoms with Gasteiger partial charge in [-0.3, -0.25) is 4.99 Å². The normalized spacial score (nSPS) is 31.0. The van der Waals surface area contributed by atoms with Gasteiger partial charge < -0.3 is 20.0 Å². The SMILES string of the molecule is CN=C(NCCN1CCCN(C)CC1)N1CC2CCCCC2C1. The van der Waals surface area contributed by atoms with Crippen LogP contribution in [0.4, 0.5) is 0 Å². The van der Waals surface area contributed by atoms with E-state index >= 15 is 0 Å². The van der Waals surface area contributed by atoms with Crippen LogP contribution in [0, 0.1) is 11.8 Å². The van der Waals surface area contributed by atoms with Gasteiger partial charge in [-0.15, -0.1) is 0 Å². The first kappa shape index (κ1) is 17.0. The molecule has 1 aliphatic carbocycles. The zero-order valence-corrected chi connectivity index (χ0v) is 15.1. The van der Waals surface area contributed by atoms with Crippen LogP contribution in [0.25, 0.3) is 0 Å². The van der Waals surface area contributed by atoms with Gasteiger partial charge in [0.15, 0.2) is 5.96 Å². The molecule has 3 rings (SSSR count). The number of guanidine groups is 1. The average molecular weight is 322 g/mol. The van der Waals surface area contributed by atoms with E-state index in [-0.39, 0.29) is 0 Å². The molecule has 0 aromatic carbocycles.